The van der Waals surface area contributed by atoms with Gasteiger partial charge in [-0.2, -0.15) is 8.42 Å². The van der Waals surface area contributed by atoms with Gasteiger partial charge in [-0.3, -0.25) is 4.79 Å². The Morgan fingerprint density at radius 1 is 1.06 bits per heavy atom. The summed E-state index contributed by atoms with van der Waals surface area (Å²) in [6, 6.07) is 9.73. The molecule has 1 aliphatic carbocycles. The smallest absolute Gasteiger partial charge is 0.339 e. The number of carbonyl (C=O) groups is 1. The number of benzene rings is 2. The van der Waals surface area contributed by atoms with Gasteiger partial charge in [-0.25, -0.2) is 0 Å². The molecule has 0 bridgehead atoms. The van der Waals surface area contributed by atoms with Crippen molar-refractivity contribution in [3.63, 3.8) is 0 Å². The molecule has 2 aromatic carbocycles. The zero-order valence-corrected chi connectivity index (χ0v) is 21.7. The average molecular weight is 513 g/mol. The van der Waals surface area contributed by atoms with Gasteiger partial charge in [-0.15, -0.1) is 0 Å². The van der Waals surface area contributed by atoms with E-state index in [1.54, 1.807) is 6.07 Å². The summed E-state index contributed by atoms with van der Waals surface area (Å²) in [5.41, 5.74) is 1.48. The molecule has 0 N–H and O–H groups in total. The number of anilines is 1. The predicted molar refractivity (Wildman–Crippen MR) is 133 cm³/mol. The molecular weight excluding hydrogens is 483 g/mol. The second-order valence-electron chi connectivity index (χ2n) is 8.43. The van der Waals surface area contributed by atoms with Gasteiger partial charge in [0.25, 0.3) is 0 Å². The van der Waals surface area contributed by atoms with Crippen molar-refractivity contribution in [1.29, 1.82) is 0 Å². The van der Waals surface area contributed by atoms with Crippen molar-refractivity contribution in [3.8, 4) is 5.75 Å². The van der Waals surface area contributed by atoms with E-state index in [-0.39, 0.29) is 45.1 Å². The number of nitrogens with zero attached hydrogens (tertiary/aromatic N) is 2. The third-order valence-corrected chi connectivity index (χ3v) is 7.63. The monoisotopic (exact) mass is 512 g/mol. The van der Waals surface area contributed by atoms with Crippen molar-refractivity contribution < 1.29 is 17.4 Å². The Kier molecular flexibility index (Phi) is 8.19. The van der Waals surface area contributed by atoms with Crippen LogP contribution in [0.5, 0.6) is 5.75 Å². The Hall–Kier alpha value is -1.96. The van der Waals surface area contributed by atoms with Gasteiger partial charge in [0.15, 0.2) is 0 Å². The second kappa shape index (κ2) is 10.5. The van der Waals surface area contributed by atoms with Crippen LogP contribution in [0.15, 0.2) is 41.3 Å². The molecule has 0 radical (unpaired) electrons. The second-order valence-corrected chi connectivity index (χ2v) is 10.8. The standard InChI is InChI=1S/C24H30Cl2N2O4S/c1-5-27(6-2)19-8-7-17(15-28(18-9-10-18)24(29)16(3)4)23(13-19)32-33(30,31)20-11-12-21(25)22(26)14-20/h7-8,11-14,16,18H,5-6,9-10,15H2,1-4H3. The largest absolute Gasteiger partial charge is 0.379 e. The molecule has 6 nitrogen and oxygen atoms in total. The van der Waals surface area contributed by atoms with E-state index in [1.807, 2.05) is 44.7 Å². The lowest BCUT2D eigenvalue weighted by molar-refractivity contribution is -0.135. The highest BCUT2D eigenvalue weighted by atomic mass is 35.5. The first kappa shape index (κ1) is 25.7. The zero-order valence-electron chi connectivity index (χ0n) is 19.3. The first-order valence-corrected chi connectivity index (χ1v) is 13.3. The summed E-state index contributed by atoms with van der Waals surface area (Å²) in [6.07, 6.45) is 1.90. The van der Waals surface area contributed by atoms with Gasteiger partial charge in [0, 0.05) is 48.9 Å². The topological polar surface area (TPSA) is 66.9 Å². The molecule has 2 aromatic rings. The fraction of sp³-hybridized carbons (Fsp3) is 0.458. The third kappa shape index (κ3) is 6.14. The molecule has 1 amide bonds. The predicted octanol–water partition coefficient (Wildman–Crippen LogP) is 5.75. The summed E-state index contributed by atoms with van der Waals surface area (Å²) in [7, 11) is -4.17. The summed E-state index contributed by atoms with van der Waals surface area (Å²) in [5.74, 6) is 0.0983. The molecule has 33 heavy (non-hydrogen) atoms. The van der Waals surface area contributed by atoms with Gasteiger partial charge >= 0.3 is 10.1 Å². The van der Waals surface area contributed by atoms with Crippen molar-refractivity contribution in [2.45, 2.75) is 58.0 Å². The number of hydrogen-bond donors (Lipinski definition) is 0. The maximum absolute atomic E-state index is 13.1. The van der Waals surface area contributed by atoms with Crippen LogP contribution in [-0.2, 0) is 21.5 Å². The number of rotatable bonds is 10. The van der Waals surface area contributed by atoms with Crippen molar-refractivity contribution >= 4 is 44.9 Å². The van der Waals surface area contributed by atoms with Gasteiger partial charge in [0.05, 0.1) is 10.0 Å². The first-order valence-electron chi connectivity index (χ1n) is 11.1. The molecule has 1 saturated carbocycles. The van der Waals surface area contributed by atoms with Crippen LogP contribution >= 0.6 is 23.2 Å². The van der Waals surface area contributed by atoms with Gasteiger partial charge in [-0.05, 0) is 51.0 Å². The van der Waals surface area contributed by atoms with Crippen LogP contribution in [0.2, 0.25) is 10.0 Å². The Morgan fingerprint density at radius 2 is 1.73 bits per heavy atom. The minimum Gasteiger partial charge on any atom is -0.379 e. The molecule has 0 saturated heterocycles. The summed E-state index contributed by atoms with van der Waals surface area (Å²) >= 11 is 12.0. The van der Waals surface area contributed by atoms with Gasteiger partial charge in [-0.1, -0.05) is 43.1 Å². The molecule has 9 heteroatoms. The molecule has 3 rings (SSSR count). The van der Waals surface area contributed by atoms with E-state index in [4.69, 9.17) is 27.4 Å². The molecule has 1 fully saturated rings. The van der Waals surface area contributed by atoms with Gasteiger partial charge in [0.2, 0.25) is 5.91 Å². The molecular formula is C24H30Cl2N2O4S. The van der Waals surface area contributed by atoms with Crippen molar-refractivity contribution in [2.75, 3.05) is 18.0 Å². The van der Waals surface area contributed by atoms with Gasteiger partial charge in [0.1, 0.15) is 10.6 Å². The van der Waals surface area contributed by atoms with Crippen molar-refractivity contribution in [1.82, 2.24) is 4.90 Å². The van der Waals surface area contributed by atoms with Crippen LogP contribution < -0.4 is 9.08 Å². The van der Waals surface area contributed by atoms with Crippen LogP contribution in [0.1, 0.15) is 46.1 Å². The summed E-state index contributed by atoms with van der Waals surface area (Å²) in [4.78, 5) is 16.7. The Bertz CT molecular complexity index is 1110. The molecule has 0 unspecified atom stereocenters. The van der Waals surface area contributed by atoms with E-state index in [0.717, 1.165) is 31.6 Å². The van der Waals surface area contributed by atoms with Crippen molar-refractivity contribution in [3.05, 3.63) is 52.0 Å². The molecule has 0 heterocycles. The molecule has 180 valence electrons. The SMILES string of the molecule is CCN(CC)c1ccc(CN(C(=O)C(C)C)C2CC2)c(OS(=O)(=O)c2ccc(Cl)c(Cl)c2)c1. The maximum Gasteiger partial charge on any atom is 0.339 e. The Morgan fingerprint density at radius 3 is 2.27 bits per heavy atom. The van der Waals surface area contributed by atoms with E-state index < -0.39 is 10.1 Å². The van der Waals surface area contributed by atoms with Crippen LogP contribution in [0.3, 0.4) is 0 Å². The van der Waals surface area contributed by atoms with Crippen LogP contribution in [0.4, 0.5) is 5.69 Å². The minimum absolute atomic E-state index is 0.0450. The lowest BCUT2D eigenvalue weighted by Crippen LogP contribution is -2.35. The first-order chi connectivity index (χ1) is 15.6. The average Bonchev–Trinajstić information content (AvgIpc) is 3.60. The van der Waals surface area contributed by atoms with Crippen molar-refractivity contribution in [2.24, 2.45) is 5.92 Å². The maximum atomic E-state index is 13.1. The zero-order chi connectivity index (χ0) is 24.3. The quantitative estimate of drug-likeness (QED) is 0.379. The normalized spacial score (nSPS) is 13.8. The van der Waals surface area contributed by atoms with E-state index in [0.29, 0.717) is 5.56 Å². The fourth-order valence-electron chi connectivity index (χ4n) is 3.62. The Balaban J connectivity index is 2.01. The molecule has 0 spiro atoms. The van der Waals surface area contributed by atoms with E-state index in [2.05, 4.69) is 4.90 Å². The lowest BCUT2D eigenvalue weighted by atomic mass is 10.1. The highest BCUT2D eigenvalue weighted by Crippen LogP contribution is 2.35. The minimum atomic E-state index is -4.17. The number of halogens is 2. The van der Waals surface area contributed by atoms with E-state index in [9.17, 15) is 13.2 Å². The Labute approximate surface area is 206 Å². The molecule has 0 aliphatic heterocycles. The number of amides is 1. The van der Waals surface area contributed by atoms with Crippen LogP contribution in [0, 0.1) is 5.92 Å². The number of carbonyl (C=O) groups excluding carboxylic acids is 1. The fourth-order valence-corrected chi connectivity index (χ4v) is 4.97. The third-order valence-electron chi connectivity index (χ3n) is 5.66. The lowest BCUT2D eigenvalue weighted by Gasteiger charge is -2.27. The highest BCUT2D eigenvalue weighted by molar-refractivity contribution is 7.87. The summed E-state index contributed by atoms with van der Waals surface area (Å²) < 4.78 is 31.8. The van der Waals surface area contributed by atoms with Gasteiger partial charge < -0.3 is 14.0 Å². The number of hydrogen-bond acceptors (Lipinski definition) is 5. The summed E-state index contributed by atoms with van der Waals surface area (Å²) in [5, 5.41) is 0.382. The molecule has 1 aliphatic rings. The van der Waals surface area contributed by atoms with E-state index in [1.165, 1.54) is 18.2 Å². The molecule has 0 atom stereocenters. The van der Waals surface area contributed by atoms with E-state index >= 15 is 0 Å². The highest BCUT2D eigenvalue weighted by Gasteiger charge is 2.34. The van der Waals surface area contributed by atoms with Crippen LogP contribution in [0.25, 0.3) is 0 Å². The summed E-state index contributed by atoms with van der Waals surface area (Å²) in [6.45, 7) is 9.60. The molecule has 0 aromatic heterocycles. The van der Waals surface area contributed by atoms with Crippen LogP contribution in [-0.4, -0.2) is 38.4 Å².